The Kier molecular flexibility index (Phi) is 7.13. The summed E-state index contributed by atoms with van der Waals surface area (Å²) in [5.41, 5.74) is 0.656. The molecule has 0 fully saturated rings. The minimum atomic E-state index is -0.410. The van der Waals surface area contributed by atoms with Gasteiger partial charge in [0.25, 0.3) is 0 Å². The van der Waals surface area contributed by atoms with Crippen molar-refractivity contribution in [2.45, 2.75) is 12.8 Å². The highest BCUT2D eigenvalue weighted by Gasteiger charge is 2.08. The highest BCUT2D eigenvalue weighted by Crippen LogP contribution is 2.15. The van der Waals surface area contributed by atoms with E-state index in [0.717, 1.165) is 0 Å². The standard InChI is InChI=1S/C14H19NO5/c1-18-9-10-20-14(17)8-7-13(16)15-11-3-5-12(19-2)6-4-11/h3-6H,7-10H2,1-2H3,(H,15,16). The summed E-state index contributed by atoms with van der Waals surface area (Å²) in [5, 5.41) is 2.69. The Morgan fingerprint density at radius 2 is 1.75 bits per heavy atom. The highest BCUT2D eigenvalue weighted by atomic mass is 16.6. The van der Waals surface area contributed by atoms with E-state index in [4.69, 9.17) is 14.2 Å². The first kappa shape index (κ1) is 16.0. The first-order valence-electron chi connectivity index (χ1n) is 6.24. The molecule has 20 heavy (non-hydrogen) atoms. The molecule has 6 nitrogen and oxygen atoms in total. The summed E-state index contributed by atoms with van der Waals surface area (Å²) in [6.07, 6.45) is 0.129. The lowest BCUT2D eigenvalue weighted by Gasteiger charge is -2.06. The quantitative estimate of drug-likeness (QED) is 0.579. The van der Waals surface area contributed by atoms with Crippen molar-refractivity contribution >= 4 is 17.6 Å². The predicted molar refractivity (Wildman–Crippen MR) is 73.7 cm³/mol. The molecule has 0 saturated heterocycles. The van der Waals surface area contributed by atoms with E-state index in [1.807, 2.05) is 0 Å². The number of methoxy groups -OCH3 is 2. The predicted octanol–water partition coefficient (Wildman–Crippen LogP) is 1.60. The second-order valence-electron chi connectivity index (χ2n) is 3.99. The largest absolute Gasteiger partial charge is 0.497 e. The van der Waals surface area contributed by atoms with Crippen LogP contribution in [0.2, 0.25) is 0 Å². The number of rotatable bonds is 8. The summed E-state index contributed by atoms with van der Waals surface area (Å²) in [6, 6.07) is 6.95. The van der Waals surface area contributed by atoms with Gasteiger partial charge in [0, 0.05) is 19.2 Å². The van der Waals surface area contributed by atoms with Crippen LogP contribution in [0, 0.1) is 0 Å². The lowest BCUT2D eigenvalue weighted by atomic mass is 10.2. The molecule has 1 aromatic carbocycles. The molecule has 1 amide bonds. The summed E-state index contributed by atoms with van der Waals surface area (Å²) in [5.74, 6) is 0.0653. The maximum atomic E-state index is 11.6. The summed E-state index contributed by atoms with van der Waals surface area (Å²) >= 11 is 0. The van der Waals surface area contributed by atoms with Crippen LogP contribution in [0.15, 0.2) is 24.3 Å². The first-order chi connectivity index (χ1) is 9.65. The summed E-state index contributed by atoms with van der Waals surface area (Å²) < 4.78 is 14.6. The van der Waals surface area contributed by atoms with Crippen molar-refractivity contribution in [2.75, 3.05) is 32.8 Å². The van der Waals surface area contributed by atoms with Gasteiger partial charge in [-0.1, -0.05) is 0 Å². The molecule has 0 aliphatic carbocycles. The van der Waals surface area contributed by atoms with Crippen LogP contribution in [-0.4, -0.2) is 39.3 Å². The van der Waals surface area contributed by atoms with Gasteiger partial charge in [-0.25, -0.2) is 0 Å². The average Bonchev–Trinajstić information content (AvgIpc) is 2.46. The molecule has 0 aliphatic rings. The molecule has 0 spiro atoms. The van der Waals surface area contributed by atoms with Crippen molar-refractivity contribution in [2.24, 2.45) is 0 Å². The van der Waals surface area contributed by atoms with E-state index in [0.29, 0.717) is 18.0 Å². The van der Waals surface area contributed by atoms with E-state index >= 15 is 0 Å². The molecule has 0 atom stereocenters. The van der Waals surface area contributed by atoms with Crippen LogP contribution < -0.4 is 10.1 Å². The first-order valence-corrected chi connectivity index (χ1v) is 6.24. The Labute approximate surface area is 118 Å². The molecule has 0 radical (unpaired) electrons. The Balaban J connectivity index is 2.27. The van der Waals surface area contributed by atoms with Crippen molar-refractivity contribution in [1.82, 2.24) is 0 Å². The van der Waals surface area contributed by atoms with E-state index in [9.17, 15) is 9.59 Å². The molecule has 0 aromatic heterocycles. The Bertz CT molecular complexity index is 430. The summed E-state index contributed by atoms with van der Waals surface area (Å²) in [4.78, 5) is 22.9. The zero-order valence-electron chi connectivity index (χ0n) is 11.7. The normalized spacial score (nSPS) is 9.90. The number of ether oxygens (including phenoxy) is 3. The van der Waals surface area contributed by atoms with Crippen LogP contribution >= 0.6 is 0 Å². The number of carbonyl (C=O) groups is 2. The Hall–Kier alpha value is -2.08. The molecule has 0 unspecified atom stereocenters. The molecule has 110 valence electrons. The van der Waals surface area contributed by atoms with Gasteiger partial charge in [-0.15, -0.1) is 0 Å². The zero-order chi connectivity index (χ0) is 14.8. The minimum Gasteiger partial charge on any atom is -0.497 e. The fraction of sp³-hybridized carbons (Fsp3) is 0.429. The van der Waals surface area contributed by atoms with E-state index in [1.54, 1.807) is 31.4 Å². The lowest BCUT2D eigenvalue weighted by Crippen LogP contribution is -2.15. The van der Waals surface area contributed by atoms with Crippen LogP contribution in [-0.2, 0) is 19.1 Å². The molecule has 0 saturated carbocycles. The second kappa shape index (κ2) is 8.92. The third kappa shape index (κ3) is 6.19. The van der Waals surface area contributed by atoms with Gasteiger partial charge in [0.15, 0.2) is 0 Å². The van der Waals surface area contributed by atoms with Crippen molar-refractivity contribution < 1.29 is 23.8 Å². The van der Waals surface area contributed by atoms with Crippen LogP contribution in [0.3, 0.4) is 0 Å². The zero-order valence-corrected chi connectivity index (χ0v) is 11.7. The molecule has 0 heterocycles. The summed E-state index contributed by atoms with van der Waals surface area (Å²) in [7, 11) is 3.10. The highest BCUT2D eigenvalue weighted by molar-refractivity contribution is 5.92. The number of hydrogen-bond acceptors (Lipinski definition) is 5. The Morgan fingerprint density at radius 1 is 1.05 bits per heavy atom. The SMILES string of the molecule is COCCOC(=O)CCC(=O)Nc1ccc(OC)cc1. The molecule has 1 N–H and O–H groups in total. The number of anilines is 1. The van der Waals surface area contributed by atoms with Crippen LogP contribution in [0.5, 0.6) is 5.75 Å². The van der Waals surface area contributed by atoms with E-state index in [-0.39, 0.29) is 25.4 Å². The van der Waals surface area contributed by atoms with Gasteiger partial charge in [-0.05, 0) is 24.3 Å². The minimum absolute atomic E-state index is 0.0473. The fourth-order valence-corrected chi connectivity index (χ4v) is 1.42. The number of benzene rings is 1. The van der Waals surface area contributed by atoms with Gasteiger partial charge in [-0.3, -0.25) is 9.59 Å². The van der Waals surface area contributed by atoms with E-state index in [1.165, 1.54) is 7.11 Å². The maximum Gasteiger partial charge on any atom is 0.306 e. The van der Waals surface area contributed by atoms with Crippen molar-refractivity contribution in [3.05, 3.63) is 24.3 Å². The second-order valence-corrected chi connectivity index (χ2v) is 3.99. The van der Waals surface area contributed by atoms with Gasteiger partial charge >= 0.3 is 5.97 Å². The molecular weight excluding hydrogens is 262 g/mol. The number of carbonyl (C=O) groups excluding carboxylic acids is 2. The van der Waals surface area contributed by atoms with Crippen molar-refractivity contribution in [3.63, 3.8) is 0 Å². The van der Waals surface area contributed by atoms with E-state index < -0.39 is 5.97 Å². The van der Waals surface area contributed by atoms with Gasteiger partial charge in [-0.2, -0.15) is 0 Å². The third-order valence-corrected chi connectivity index (χ3v) is 2.48. The van der Waals surface area contributed by atoms with Crippen molar-refractivity contribution in [3.8, 4) is 5.75 Å². The molecule has 1 aromatic rings. The number of hydrogen-bond donors (Lipinski definition) is 1. The monoisotopic (exact) mass is 281 g/mol. The van der Waals surface area contributed by atoms with Crippen molar-refractivity contribution in [1.29, 1.82) is 0 Å². The third-order valence-electron chi connectivity index (χ3n) is 2.48. The molecule has 0 bridgehead atoms. The fourth-order valence-electron chi connectivity index (χ4n) is 1.42. The van der Waals surface area contributed by atoms with Gasteiger partial charge in [0.1, 0.15) is 12.4 Å². The smallest absolute Gasteiger partial charge is 0.306 e. The van der Waals surface area contributed by atoms with Crippen LogP contribution in [0.25, 0.3) is 0 Å². The topological polar surface area (TPSA) is 73.9 Å². The Morgan fingerprint density at radius 3 is 2.35 bits per heavy atom. The van der Waals surface area contributed by atoms with E-state index in [2.05, 4.69) is 5.32 Å². The maximum absolute atomic E-state index is 11.6. The number of nitrogens with one attached hydrogen (secondary N) is 1. The van der Waals surface area contributed by atoms with Gasteiger partial charge in [0.2, 0.25) is 5.91 Å². The molecule has 0 aliphatic heterocycles. The van der Waals surface area contributed by atoms with Crippen LogP contribution in [0.4, 0.5) is 5.69 Å². The number of esters is 1. The van der Waals surface area contributed by atoms with Gasteiger partial charge < -0.3 is 19.5 Å². The molecule has 6 heteroatoms. The number of amides is 1. The van der Waals surface area contributed by atoms with Gasteiger partial charge in [0.05, 0.1) is 20.1 Å². The summed E-state index contributed by atoms with van der Waals surface area (Å²) in [6.45, 7) is 0.555. The molecule has 1 rings (SSSR count). The average molecular weight is 281 g/mol. The molecular formula is C14H19NO5. The van der Waals surface area contributed by atoms with Crippen LogP contribution in [0.1, 0.15) is 12.8 Å². The lowest BCUT2D eigenvalue weighted by molar-refractivity contribution is -0.145.